The van der Waals surface area contributed by atoms with Crippen LogP contribution in [0.1, 0.15) is 13.3 Å². The molecule has 0 aliphatic rings. The SMILES string of the molecule is COCCOCCCNC(=O)[C@H](C)N. The van der Waals surface area contributed by atoms with Gasteiger partial charge in [0.25, 0.3) is 0 Å². The average molecular weight is 204 g/mol. The van der Waals surface area contributed by atoms with Crippen molar-refractivity contribution in [1.29, 1.82) is 0 Å². The van der Waals surface area contributed by atoms with Gasteiger partial charge in [-0.2, -0.15) is 0 Å². The summed E-state index contributed by atoms with van der Waals surface area (Å²) in [5, 5.41) is 2.70. The van der Waals surface area contributed by atoms with Crippen LogP contribution >= 0.6 is 0 Å². The first-order valence-corrected chi connectivity index (χ1v) is 4.78. The predicted octanol–water partition coefficient (Wildman–Crippen LogP) is -0.497. The summed E-state index contributed by atoms with van der Waals surface area (Å²) in [5.41, 5.74) is 5.36. The number of nitrogens with two attached hydrogens (primary N) is 1. The molecule has 1 amide bonds. The molecular weight excluding hydrogens is 184 g/mol. The topological polar surface area (TPSA) is 73.6 Å². The molecular formula is C9H20N2O3. The Kier molecular flexibility index (Phi) is 8.51. The minimum Gasteiger partial charge on any atom is -0.382 e. The molecule has 0 aromatic heterocycles. The van der Waals surface area contributed by atoms with Gasteiger partial charge in [0.2, 0.25) is 5.91 Å². The molecule has 5 heteroatoms. The number of hydrogen-bond acceptors (Lipinski definition) is 4. The Bertz CT molecular complexity index is 151. The van der Waals surface area contributed by atoms with E-state index in [0.29, 0.717) is 26.4 Å². The highest BCUT2D eigenvalue weighted by Gasteiger charge is 2.04. The van der Waals surface area contributed by atoms with Gasteiger partial charge in [0.15, 0.2) is 0 Å². The molecule has 0 aromatic rings. The lowest BCUT2D eigenvalue weighted by Gasteiger charge is -2.07. The third-order valence-electron chi connectivity index (χ3n) is 1.61. The molecule has 0 unspecified atom stereocenters. The fourth-order valence-corrected chi connectivity index (χ4v) is 0.791. The number of carbonyl (C=O) groups excluding carboxylic acids is 1. The standard InChI is InChI=1S/C9H20N2O3/c1-8(10)9(12)11-4-3-5-14-7-6-13-2/h8H,3-7,10H2,1-2H3,(H,11,12)/t8-/m0/s1. The largest absolute Gasteiger partial charge is 0.382 e. The van der Waals surface area contributed by atoms with Crippen LogP contribution in [0.15, 0.2) is 0 Å². The van der Waals surface area contributed by atoms with Crippen molar-refractivity contribution in [2.45, 2.75) is 19.4 Å². The smallest absolute Gasteiger partial charge is 0.236 e. The lowest BCUT2D eigenvalue weighted by Crippen LogP contribution is -2.38. The molecule has 0 bridgehead atoms. The molecule has 14 heavy (non-hydrogen) atoms. The number of methoxy groups -OCH3 is 1. The Morgan fingerprint density at radius 3 is 2.71 bits per heavy atom. The second-order valence-corrected chi connectivity index (χ2v) is 3.04. The van der Waals surface area contributed by atoms with Gasteiger partial charge in [-0.05, 0) is 13.3 Å². The van der Waals surface area contributed by atoms with Crippen LogP contribution in [0.4, 0.5) is 0 Å². The van der Waals surface area contributed by atoms with E-state index in [-0.39, 0.29) is 5.91 Å². The minimum atomic E-state index is -0.440. The van der Waals surface area contributed by atoms with Crippen LogP contribution in [0.3, 0.4) is 0 Å². The summed E-state index contributed by atoms with van der Waals surface area (Å²) in [6.45, 7) is 4.09. The molecule has 0 rings (SSSR count). The normalized spacial score (nSPS) is 12.5. The van der Waals surface area contributed by atoms with E-state index in [1.54, 1.807) is 14.0 Å². The number of ether oxygens (including phenoxy) is 2. The second kappa shape index (κ2) is 8.93. The zero-order valence-corrected chi connectivity index (χ0v) is 8.91. The summed E-state index contributed by atoms with van der Waals surface area (Å²) in [6, 6.07) is -0.440. The summed E-state index contributed by atoms with van der Waals surface area (Å²) in [4.78, 5) is 11.0. The van der Waals surface area contributed by atoms with Gasteiger partial charge in [0, 0.05) is 20.3 Å². The molecule has 0 spiro atoms. The van der Waals surface area contributed by atoms with Gasteiger partial charge in [0.1, 0.15) is 0 Å². The summed E-state index contributed by atoms with van der Waals surface area (Å²) >= 11 is 0. The molecule has 0 radical (unpaired) electrons. The van der Waals surface area contributed by atoms with Crippen LogP contribution in [0, 0.1) is 0 Å². The Labute approximate surface area is 84.9 Å². The van der Waals surface area contributed by atoms with Crippen LogP contribution in [0.5, 0.6) is 0 Å². The summed E-state index contributed by atoms with van der Waals surface area (Å²) in [6.07, 6.45) is 0.794. The van der Waals surface area contributed by atoms with Crippen molar-refractivity contribution < 1.29 is 14.3 Å². The van der Waals surface area contributed by atoms with Crippen LogP contribution in [-0.2, 0) is 14.3 Å². The summed E-state index contributed by atoms with van der Waals surface area (Å²) in [7, 11) is 1.63. The number of rotatable bonds is 8. The van der Waals surface area contributed by atoms with Crippen LogP contribution in [-0.4, -0.2) is 45.4 Å². The van der Waals surface area contributed by atoms with E-state index in [2.05, 4.69) is 5.32 Å². The zero-order valence-electron chi connectivity index (χ0n) is 8.91. The highest BCUT2D eigenvalue weighted by Crippen LogP contribution is 1.82. The van der Waals surface area contributed by atoms with E-state index >= 15 is 0 Å². The monoisotopic (exact) mass is 204 g/mol. The molecule has 0 saturated heterocycles. The fourth-order valence-electron chi connectivity index (χ4n) is 0.791. The first-order valence-electron chi connectivity index (χ1n) is 4.78. The van der Waals surface area contributed by atoms with Gasteiger partial charge in [0.05, 0.1) is 19.3 Å². The third kappa shape index (κ3) is 7.97. The van der Waals surface area contributed by atoms with Crippen LogP contribution in [0.2, 0.25) is 0 Å². The van der Waals surface area contributed by atoms with Gasteiger partial charge in [-0.3, -0.25) is 4.79 Å². The van der Waals surface area contributed by atoms with Crippen LogP contribution < -0.4 is 11.1 Å². The van der Waals surface area contributed by atoms with E-state index in [9.17, 15) is 4.79 Å². The maximum atomic E-state index is 11.0. The molecule has 0 fully saturated rings. The number of hydrogen-bond donors (Lipinski definition) is 2. The van der Waals surface area contributed by atoms with E-state index in [1.165, 1.54) is 0 Å². The Hall–Kier alpha value is -0.650. The Morgan fingerprint density at radius 1 is 1.43 bits per heavy atom. The van der Waals surface area contributed by atoms with Crippen LogP contribution in [0.25, 0.3) is 0 Å². The molecule has 84 valence electrons. The van der Waals surface area contributed by atoms with E-state index in [0.717, 1.165) is 6.42 Å². The molecule has 3 N–H and O–H groups in total. The van der Waals surface area contributed by atoms with E-state index in [4.69, 9.17) is 15.2 Å². The van der Waals surface area contributed by atoms with Crippen molar-refractivity contribution in [2.24, 2.45) is 5.73 Å². The van der Waals surface area contributed by atoms with Crippen molar-refractivity contribution in [3.05, 3.63) is 0 Å². The molecule has 1 atom stereocenters. The number of amides is 1. The average Bonchev–Trinajstić information content (AvgIpc) is 2.16. The Balaban J connectivity index is 3.10. The first kappa shape index (κ1) is 13.4. The summed E-state index contributed by atoms with van der Waals surface area (Å²) < 4.78 is 10.0. The Morgan fingerprint density at radius 2 is 2.14 bits per heavy atom. The van der Waals surface area contributed by atoms with E-state index < -0.39 is 6.04 Å². The molecule has 0 aliphatic heterocycles. The number of carbonyl (C=O) groups is 1. The summed E-state index contributed by atoms with van der Waals surface area (Å²) in [5.74, 6) is -0.123. The predicted molar refractivity (Wildman–Crippen MR) is 54.0 cm³/mol. The van der Waals surface area contributed by atoms with Crippen molar-refractivity contribution >= 4 is 5.91 Å². The maximum absolute atomic E-state index is 11.0. The van der Waals surface area contributed by atoms with Gasteiger partial charge >= 0.3 is 0 Å². The number of nitrogens with one attached hydrogen (secondary N) is 1. The molecule has 0 saturated carbocycles. The van der Waals surface area contributed by atoms with Crippen molar-refractivity contribution in [1.82, 2.24) is 5.32 Å². The lowest BCUT2D eigenvalue weighted by molar-refractivity contribution is -0.122. The lowest BCUT2D eigenvalue weighted by atomic mass is 10.3. The molecule has 0 aromatic carbocycles. The van der Waals surface area contributed by atoms with Gasteiger partial charge in [-0.1, -0.05) is 0 Å². The van der Waals surface area contributed by atoms with Gasteiger partial charge < -0.3 is 20.5 Å². The van der Waals surface area contributed by atoms with Crippen molar-refractivity contribution in [3.8, 4) is 0 Å². The van der Waals surface area contributed by atoms with Gasteiger partial charge in [-0.25, -0.2) is 0 Å². The minimum absolute atomic E-state index is 0.123. The molecule has 0 heterocycles. The van der Waals surface area contributed by atoms with Crippen molar-refractivity contribution in [3.63, 3.8) is 0 Å². The zero-order chi connectivity index (χ0) is 10.8. The van der Waals surface area contributed by atoms with E-state index in [1.807, 2.05) is 0 Å². The third-order valence-corrected chi connectivity index (χ3v) is 1.61. The molecule has 0 aliphatic carbocycles. The first-order chi connectivity index (χ1) is 6.68. The van der Waals surface area contributed by atoms with Crippen molar-refractivity contribution in [2.75, 3.05) is 33.5 Å². The molecule has 5 nitrogen and oxygen atoms in total. The fraction of sp³-hybridized carbons (Fsp3) is 0.889. The second-order valence-electron chi connectivity index (χ2n) is 3.04. The van der Waals surface area contributed by atoms with Gasteiger partial charge in [-0.15, -0.1) is 0 Å². The highest BCUT2D eigenvalue weighted by atomic mass is 16.5. The quantitative estimate of drug-likeness (QED) is 0.523. The maximum Gasteiger partial charge on any atom is 0.236 e. The highest BCUT2D eigenvalue weighted by molar-refractivity contribution is 5.80.